The molecule has 31 heavy (non-hydrogen) atoms. The van der Waals surface area contributed by atoms with Gasteiger partial charge in [-0.05, 0) is 55.0 Å². The summed E-state index contributed by atoms with van der Waals surface area (Å²) in [7, 11) is -3.93. The number of nitrogens with zero attached hydrogens (tertiary/aromatic N) is 1. The summed E-state index contributed by atoms with van der Waals surface area (Å²) < 4.78 is 33.4. The molecule has 0 spiro atoms. The topological polar surface area (TPSA) is 109 Å². The summed E-state index contributed by atoms with van der Waals surface area (Å²) in [5.74, 6) is 0.184. The molecule has 0 atom stereocenters. The third-order valence-electron chi connectivity index (χ3n) is 4.95. The fraction of sp³-hybridized carbons (Fsp3) is 0.182. The maximum atomic E-state index is 12.9. The monoisotopic (exact) mass is 439 g/mol. The number of sulfonamides is 1. The number of nitrogens with one attached hydrogen (secondary N) is 2. The van der Waals surface area contributed by atoms with Gasteiger partial charge in [0.1, 0.15) is 5.76 Å². The molecule has 2 amide bonds. The van der Waals surface area contributed by atoms with Crippen LogP contribution in [-0.2, 0) is 21.4 Å². The van der Waals surface area contributed by atoms with Crippen molar-refractivity contribution in [3.63, 3.8) is 0 Å². The van der Waals surface area contributed by atoms with E-state index in [0.717, 1.165) is 6.42 Å². The average molecular weight is 439 g/mol. The van der Waals surface area contributed by atoms with Gasteiger partial charge in [0.2, 0.25) is 5.91 Å². The van der Waals surface area contributed by atoms with Crippen molar-refractivity contribution < 1.29 is 22.4 Å². The quantitative estimate of drug-likeness (QED) is 0.588. The molecule has 0 saturated carbocycles. The summed E-state index contributed by atoms with van der Waals surface area (Å²) in [5, 5.41) is 2.71. The van der Waals surface area contributed by atoms with E-state index >= 15 is 0 Å². The van der Waals surface area contributed by atoms with Crippen molar-refractivity contribution in [2.75, 3.05) is 16.2 Å². The van der Waals surface area contributed by atoms with Crippen molar-refractivity contribution in [3.05, 3.63) is 78.3 Å². The van der Waals surface area contributed by atoms with Crippen LogP contribution in [0.15, 0.2) is 76.2 Å². The second-order valence-electron chi connectivity index (χ2n) is 7.06. The van der Waals surface area contributed by atoms with Gasteiger partial charge in [0, 0.05) is 18.7 Å². The summed E-state index contributed by atoms with van der Waals surface area (Å²) >= 11 is 0. The van der Waals surface area contributed by atoms with Crippen LogP contribution in [0.25, 0.3) is 0 Å². The van der Waals surface area contributed by atoms with E-state index in [1.165, 1.54) is 30.5 Å². The number of hydrogen-bond donors (Lipinski definition) is 2. The number of carbonyl (C=O) groups is 2. The number of para-hydroxylation sites is 1. The van der Waals surface area contributed by atoms with Crippen LogP contribution in [-0.4, -0.2) is 26.8 Å². The molecule has 2 aromatic carbocycles. The van der Waals surface area contributed by atoms with E-state index in [0.29, 0.717) is 24.4 Å². The minimum absolute atomic E-state index is 0.0308. The van der Waals surface area contributed by atoms with Gasteiger partial charge in [0.25, 0.3) is 15.9 Å². The van der Waals surface area contributed by atoms with Crippen molar-refractivity contribution in [1.82, 2.24) is 5.32 Å². The van der Waals surface area contributed by atoms with E-state index in [2.05, 4.69) is 10.0 Å². The van der Waals surface area contributed by atoms with Gasteiger partial charge in [-0.1, -0.05) is 12.1 Å². The molecule has 1 saturated heterocycles. The van der Waals surface area contributed by atoms with E-state index in [1.807, 2.05) is 0 Å². The smallest absolute Gasteiger partial charge is 0.261 e. The second kappa shape index (κ2) is 8.65. The molecule has 3 aromatic rings. The first-order valence-corrected chi connectivity index (χ1v) is 11.3. The van der Waals surface area contributed by atoms with Crippen LogP contribution < -0.4 is 14.9 Å². The van der Waals surface area contributed by atoms with Gasteiger partial charge in [0.15, 0.2) is 0 Å². The lowest BCUT2D eigenvalue weighted by Gasteiger charge is -2.16. The normalized spacial score (nSPS) is 13.9. The molecule has 0 aliphatic carbocycles. The Labute approximate surface area is 179 Å². The molecule has 2 N–H and O–H groups in total. The number of rotatable bonds is 7. The maximum absolute atomic E-state index is 12.9. The molecule has 1 aliphatic rings. The Balaban J connectivity index is 1.50. The van der Waals surface area contributed by atoms with E-state index in [1.54, 1.807) is 41.3 Å². The zero-order valence-electron chi connectivity index (χ0n) is 16.6. The van der Waals surface area contributed by atoms with Gasteiger partial charge in [-0.2, -0.15) is 0 Å². The summed E-state index contributed by atoms with van der Waals surface area (Å²) in [4.78, 5) is 26.1. The van der Waals surface area contributed by atoms with Gasteiger partial charge in [0.05, 0.1) is 29.0 Å². The van der Waals surface area contributed by atoms with Gasteiger partial charge in [-0.25, -0.2) is 8.42 Å². The molecule has 2 heterocycles. The molecule has 1 aromatic heterocycles. The number of anilines is 2. The Morgan fingerprint density at radius 2 is 1.81 bits per heavy atom. The molecule has 0 radical (unpaired) electrons. The van der Waals surface area contributed by atoms with Crippen molar-refractivity contribution >= 4 is 33.2 Å². The molecule has 0 unspecified atom stereocenters. The van der Waals surface area contributed by atoms with Crippen LogP contribution in [0.4, 0.5) is 11.4 Å². The molecule has 160 valence electrons. The first-order chi connectivity index (χ1) is 14.9. The molecule has 9 heteroatoms. The Morgan fingerprint density at radius 3 is 2.48 bits per heavy atom. The van der Waals surface area contributed by atoms with Crippen molar-refractivity contribution in [1.29, 1.82) is 0 Å². The van der Waals surface area contributed by atoms with Crippen molar-refractivity contribution in [2.45, 2.75) is 24.3 Å². The van der Waals surface area contributed by atoms with Crippen LogP contribution in [0.2, 0.25) is 0 Å². The standard InChI is InChI=1S/C22H21N3O5S/c26-21-8-3-13-25(21)16-9-11-18(12-10-16)31(28,29)24-20-7-2-1-6-19(20)22(27)23-15-17-5-4-14-30-17/h1-2,4-7,9-12,14,24H,3,8,13,15H2,(H,23,27). The lowest BCUT2D eigenvalue weighted by Crippen LogP contribution is -2.25. The van der Waals surface area contributed by atoms with Gasteiger partial charge < -0.3 is 14.6 Å². The second-order valence-corrected chi connectivity index (χ2v) is 8.74. The van der Waals surface area contributed by atoms with Crippen LogP contribution in [0.5, 0.6) is 0 Å². The average Bonchev–Trinajstić information content (AvgIpc) is 3.44. The zero-order chi connectivity index (χ0) is 21.8. The SMILES string of the molecule is O=C(NCc1ccco1)c1ccccc1NS(=O)(=O)c1ccc(N2CCCC2=O)cc1. The van der Waals surface area contributed by atoms with Crippen LogP contribution >= 0.6 is 0 Å². The molecule has 1 aliphatic heterocycles. The van der Waals surface area contributed by atoms with E-state index in [-0.39, 0.29) is 28.6 Å². The summed E-state index contributed by atoms with van der Waals surface area (Å²) in [6, 6.07) is 15.9. The summed E-state index contributed by atoms with van der Waals surface area (Å²) in [6.45, 7) is 0.813. The van der Waals surface area contributed by atoms with E-state index in [9.17, 15) is 18.0 Å². The predicted molar refractivity (Wildman–Crippen MR) is 115 cm³/mol. The Hall–Kier alpha value is -3.59. The van der Waals surface area contributed by atoms with Crippen LogP contribution in [0, 0.1) is 0 Å². The number of furan rings is 1. The Bertz CT molecular complexity index is 1190. The lowest BCUT2D eigenvalue weighted by molar-refractivity contribution is -0.117. The molecule has 8 nitrogen and oxygen atoms in total. The minimum Gasteiger partial charge on any atom is -0.467 e. The summed E-state index contributed by atoms with van der Waals surface area (Å²) in [6.07, 6.45) is 2.80. The highest BCUT2D eigenvalue weighted by Crippen LogP contribution is 2.25. The number of hydrogen-bond acceptors (Lipinski definition) is 5. The molecular weight excluding hydrogens is 418 g/mol. The first kappa shape index (κ1) is 20.7. The highest BCUT2D eigenvalue weighted by atomic mass is 32.2. The highest BCUT2D eigenvalue weighted by Gasteiger charge is 2.23. The molecule has 4 rings (SSSR count). The van der Waals surface area contributed by atoms with Crippen LogP contribution in [0.3, 0.4) is 0 Å². The largest absolute Gasteiger partial charge is 0.467 e. The van der Waals surface area contributed by atoms with Gasteiger partial charge >= 0.3 is 0 Å². The third kappa shape index (κ3) is 4.61. The Morgan fingerprint density at radius 1 is 1.03 bits per heavy atom. The minimum atomic E-state index is -3.93. The molecule has 1 fully saturated rings. The fourth-order valence-corrected chi connectivity index (χ4v) is 4.46. The van der Waals surface area contributed by atoms with E-state index < -0.39 is 15.9 Å². The third-order valence-corrected chi connectivity index (χ3v) is 6.33. The molecular formula is C22H21N3O5S. The zero-order valence-corrected chi connectivity index (χ0v) is 17.4. The maximum Gasteiger partial charge on any atom is 0.261 e. The first-order valence-electron chi connectivity index (χ1n) is 9.77. The lowest BCUT2D eigenvalue weighted by atomic mass is 10.1. The highest BCUT2D eigenvalue weighted by molar-refractivity contribution is 7.92. The van der Waals surface area contributed by atoms with Gasteiger partial charge in [-0.3, -0.25) is 14.3 Å². The predicted octanol–water partition coefficient (Wildman–Crippen LogP) is 3.14. The van der Waals surface area contributed by atoms with Crippen LogP contribution in [0.1, 0.15) is 29.0 Å². The fourth-order valence-electron chi connectivity index (χ4n) is 3.38. The van der Waals surface area contributed by atoms with Crippen molar-refractivity contribution in [3.8, 4) is 0 Å². The van der Waals surface area contributed by atoms with Gasteiger partial charge in [-0.15, -0.1) is 0 Å². The summed E-state index contributed by atoms with van der Waals surface area (Å²) in [5.41, 5.74) is 1.02. The Kier molecular flexibility index (Phi) is 5.77. The number of amides is 2. The van der Waals surface area contributed by atoms with Crippen molar-refractivity contribution in [2.24, 2.45) is 0 Å². The number of benzene rings is 2. The van der Waals surface area contributed by atoms with E-state index in [4.69, 9.17) is 4.42 Å². The molecule has 0 bridgehead atoms. The number of carbonyl (C=O) groups excluding carboxylic acids is 2.